The first kappa shape index (κ1) is 20.5. The standard InChI is InChI=1S/C26H35ClN2O/c1-15-14-18-20-7-6-19(17-10-13-28-16(2)23(17)27)25(20,3)11-8-21(18)26(4)12-9-22(30)29(5)24(15)26/h10,13,18-21H,6-9,11-12,14H2,1-5H3/t18-,19?,20-,21+,25+,26+/m0/s1. The highest BCUT2D eigenvalue weighted by Crippen LogP contribution is 2.68. The number of rotatable bonds is 1. The maximum absolute atomic E-state index is 12.5. The zero-order valence-electron chi connectivity index (χ0n) is 19.1. The van der Waals surface area contributed by atoms with Gasteiger partial charge in [-0.15, -0.1) is 0 Å². The van der Waals surface area contributed by atoms with E-state index < -0.39 is 0 Å². The zero-order valence-corrected chi connectivity index (χ0v) is 19.9. The van der Waals surface area contributed by atoms with Crippen LogP contribution in [0.25, 0.3) is 0 Å². The van der Waals surface area contributed by atoms with E-state index in [0.717, 1.165) is 35.4 Å². The number of amides is 1. The van der Waals surface area contributed by atoms with Crippen LogP contribution in [0.3, 0.4) is 0 Å². The van der Waals surface area contributed by atoms with Crippen LogP contribution in [0.4, 0.5) is 0 Å². The minimum absolute atomic E-state index is 0.153. The van der Waals surface area contributed by atoms with Crippen LogP contribution in [0.15, 0.2) is 23.5 Å². The molecule has 1 unspecified atom stereocenters. The van der Waals surface area contributed by atoms with Crippen molar-refractivity contribution in [3.8, 4) is 0 Å². The fraction of sp³-hybridized carbons (Fsp3) is 0.692. The molecule has 0 N–H and O–H groups in total. The Balaban J connectivity index is 1.53. The molecule has 4 aliphatic rings. The molecule has 3 fully saturated rings. The molecule has 0 spiro atoms. The minimum atomic E-state index is 0.153. The molecule has 0 bridgehead atoms. The van der Waals surface area contributed by atoms with Gasteiger partial charge in [-0.1, -0.05) is 31.0 Å². The van der Waals surface area contributed by atoms with E-state index in [-0.39, 0.29) is 5.41 Å². The molecular weight excluding hydrogens is 392 g/mol. The molecule has 1 aliphatic heterocycles. The first-order chi connectivity index (χ1) is 14.2. The van der Waals surface area contributed by atoms with Crippen LogP contribution in [0, 0.1) is 35.5 Å². The molecule has 30 heavy (non-hydrogen) atoms. The van der Waals surface area contributed by atoms with Gasteiger partial charge in [0, 0.05) is 30.8 Å². The Bertz CT molecular complexity index is 939. The number of fused-ring (bicyclic) bond motifs is 5. The summed E-state index contributed by atoms with van der Waals surface area (Å²) in [6.45, 7) is 9.32. The summed E-state index contributed by atoms with van der Waals surface area (Å²) in [7, 11) is 2.01. The van der Waals surface area contributed by atoms with Crippen LogP contribution in [0.5, 0.6) is 0 Å². The van der Waals surface area contributed by atoms with Crippen LogP contribution in [-0.4, -0.2) is 22.8 Å². The molecule has 0 radical (unpaired) electrons. The number of pyridine rings is 1. The number of carbonyl (C=O) groups is 1. The third-order valence-corrected chi connectivity index (χ3v) is 10.3. The summed E-state index contributed by atoms with van der Waals surface area (Å²) in [5.74, 6) is 2.99. The summed E-state index contributed by atoms with van der Waals surface area (Å²) in [6, 6.07) is 2.17. The summed E-state index contributed by atoms with van der Waals surface area (Å²) in [4.78, 5) is 18.9. The lowest BCUT2D eigenvalue weighted by atomic mass is 9.48. The van der Waals surface area contributed by atoms with Crippen molar-refractivity contribution < 1.29 is 4.79 Å². The highest BCUT2D eigenvalue weighted by Gasteiger charge is 2.60. The van der Waals surface area contributed by atoms with Crippen molar-refractivity contribution in [2.75, 3.05) is 7.05 Å². The molecule has 2 heterocycles. The van der Waals surface area contributed by atoms with Crippen molar-refractivity contribution >= 4 is 17.5 Å². The van der Waals surface area contributed by atoms with E-state index in [2.05, 4.69) is 31.8 Å². The first-order valence-corrected chi connectivity index (χ1v) is 12.1. The van der Waals surface area contributed by atoms with Crippen molar-refractivity contribution in [3.05, 3.63) is 39.8 Å². The first-order valence-electron chi connectivity index (χ1n) is 11.8. The monoisotopic (exact) mass is 426 g/mol. The van der Waals surface area contributed by atoms with Gasteiger partial charge < -0.3 is 4.90 Å². The van der Waals surface area contributed by atoms with E-state index in [9.17, 15) is 4.79 Å². The molecule has 3 nitrogen and oxygen atoms in total. The van der Waals surface area contributed by atoms with Crippen LogP contribution in [-0.2, 0) is 4.79 Å². The highest BCUT2D eigenvalue weighted by atomic mass is 35.5. The van der Waals surface area contributed by atoms with Gasteiger partial charge >= 0.3 is 0 Å². The van der Waals surface area contributed by atoms with Gasteiger partial charge in [0.15, 0.2) is 0 Å². The Morgan fingerprint density at radius 3 is 2.67 bits per heavy atom. The second-order valence-electron chi connectivity index (χ2n) is 11.1. The average molecular weight is 427 g/mol. The Kier molecular flexibility index (Phi) is 4.67. The van der Waals surface area contributed by atoms with E-state index in [1.165, 1.54) is 42.5 Å². The maximum atomic E-state index is 12.5. The van der Waals surface area contributed by atoms with Crippen LogP contribution < -0.4 is 0 Å². The fourth-order valence-corrected chi connectivity index (χ4v) is 8.70. The summed E-state index contributed by atoms with van der Waals surface area (Å²) in [6.07, 6.45) is 9.88. The van der Waals surface area contributed by atoms with Gasteiger partial charge in [-0.3, -0.25) is 9.78 Å². The van der Waals surface area contributed by atoms with Gasteiger partial charge in [-0.25, -0.2) is 0 Å². The predicted molar refractivity (Wildman–Crippen MR) is 121 cm³/mol. The molecule has 6 atom stereocenters. The molecule has 162 valence electrons. The van der Waals surface area contributed by atoms with Crippen molar-refractivity contribution in [1.29, 1.82) is 0 Å². The molecule has 1 amide bonds. The van der Waals surface area contributed by atoms with E-state index in [1.807, 2.05) is 25.1 Å². The number of piperidine rings is 1. The van der Waals surface area contributed by atoms with Gasteiger partial charge in [0.2, 0.25) is 5.91 Å². The van der Waals surface area contributed by atoms with E-state index in [4.69, 9.17) is 11.6 Å². The van der Waals surface area contributed by atoms with E-state index >= 15 is 0 Å². The average Bonchev–Trinajstić information content (AvgIpc) is 3.04. The number of carbonyl (C=O) groups excluding carboxylic acids is 1. The predicted octanol–water partition coefficient (Wildman–Crippen LogP) is 6.51. The Morgan fingerprint density at radius 2 is 1.90 bits per heavy atom. The second kappa shape index (κ2) is 6.82. The number of nitrogens with zero attached hydrogens (tertiary/aromatic N) is 2. The Labute approximate surface area is 186 Å². The molecule has 3 aliphatic carbocycles. The number of hydrogen-bond donors (Lipinski definition) is 0. The third-order valence-electron chi connectivity index (χ3n) is 9.78. The van der Waals surface area contributed by atoms with Crippen molar-refractivity contribution in [3.63, 3.8) is 0 Å². The van der Waals surface area contributed by atoms with Gasteiger partial charge in [0.1, 0.15) is 0 Å². The van der Waals surface area contributed by atoms with Gasteiger partial charge in [0.25, 0.3) is 0 Å². The molecule has 2 saturated carbocycles. The quantitative estimate of drug-likeness (QED) is 0.513. The molecule has 1 saturated heterocycles. The van der Waals surface area contributed by atoms with Gasteiger partial charge in [-0.2, -0.15) is 0 Å². The topological polar surface area (TPSA) is 33.2 Å². The van der Waals surface area contributed by atoms with E-state index in [1.54, 1.807) is 0 Å². The molecule has 4 heteroatoms. The van der Waals surface area contributed by atoms with E-state index in [0.29, 0.717) is 29.6 Å². The van der Waals surface area contributed by atoms with Crippen LogP contribution in [0.2, 0.25) is 5.02 Å². The second-order valence-corrected chi connectivity index (χ2v) is 11.4. The summed E-state index contributed by atoms with van der Waals surface area (Å²) < 4.78 is 0. The van der Waals surface area contributed by atoms with Gasteiger partial charge in [-0.05, 0) is 93.1 Å². The maximum Gasteiger partial charge on any atom is 0.226 e. The Hall–Kier alpha value is -1.35. The lowest BCUT2D eigenvalue weighted by molar-refractivity contribution is -0.135. The molecular formula is C26H35ClN2O. The zero-order chi connectivity index (χ0) is 21.4. The highest BCUT2D eigenvalue weighted by molar-refractivity contribution is 6.32. The molecule has 5 rings (SSSR count). The lowest BCUT2D eigenvalue weighted by Crippen LogP contribution is -2.54. The number of halogens is 1. The SMILES string of the molecule is CC1=C2N(C)C(=O)CC[C@]2(C)[C@@H]2CC[C@]3(C)C(c4ccnc(C)c4Cl)CC[C@H]3[C@@H]2C1. The number of hydrogen-bond acceptors (Lipinski definition) is 2. The lowest BCUT2D eigenvalue weighted by Gasteiger charge is -2.59. The summed E-state index contributed by atoms with van der Waals surface area (Å²) in [5.41, 5.74) is 5.55. The third kappa shape index (κ3) is 2.63. The molecule has 1 aromatic heterocycles. The Morgan fingerprint density at radius 1 is 1.13 bits per heavy atom. The summed E-state index contributed by atoms with van der Waals surface area (Å²) >= 11 is 6.76. The smallest absolute Gasteiger partial charge is 0.226 e. The van der Waals surface area contributed by atoms with Crippen LogP contribution >= 0.6 is 11.6 Å². The van der Waals surface area contributed by atoms with Crippen molar-refractivity contribution in [2.45, 2.75) is 78.6 Å². The normalized spacial score (nSPS) is 40.9. The number of aromatic nitrogens is 1. The van der Waals surface area contributed by atoms with Crippen LogP contribution in [0.1, 0.15) is 82.9 Å². The molecule has 0 aromatic carbocycles. The largest absolute Gasteiger partial charge is 0.319 e. The number of allylic oxidation sites excluding steroid dienone is 2. The molecule has 1 aromatic rings. The number of likely N-dealkylation sites (tertiary alicyclic amines) is 1. The summed E-state index contributed by atoms with van der Waals surface area (Å²) in [5, 5.41) is 0.882. The van der Waals surface area contributed by atoms with Gasteiger partial charge in [0.05, 0.1) is 10.7 Å². The minimum Gasteiger partial charge on any atom is -0.319 e. The fourth-order valence-electron chi connectivity index (χ4n) is 8.46. The number of aryl methyl sites for hydroxylation is 1. The van der Waals surface area contributed by atoms with Crippen molar-refractivity contribution in [2.24, 2.45) is 28.6 Å². The van der Waals surface area contributed by atoms with Crippen molar-refractivity contribution in [1.82, 2.24) is 9.88 Å².